The first-order chi connectivity index (χ1) is 15.1. The number of amides is 1. The number of nitrogens with one attached hydrogen (secondary N) is 1. The Bertz CT molecular complexity index is 1020. The second-order valence-corrected chi connectivity index (χ2v) is 7.51. The van der Waals surface area contributed by atoms with Gasteiger partial charge in [0.15, 0.2) is 0 Å². The standard InChI is InChI=1S/C24H27N3O5/c1-15(2)27(13-12-21(28)29)23(30)16(3)14-17-4-6-19(7-5-17)24(31)32-20-10-8-18(9-11-20)22(25)26/h4-11,14-15H,12-13H2,1-3H3,(H3,25,26)(H,28,29)/b16-14+. The number of carbonyl (C=O) groups is 3. The number of hydrogen-bond acceptors (Lipinski definition) is 5. The van der Waals surface area contributed by atoms with E-state index in [2.05, 4.69) is 0 Å². The van der Waals surface area contributed by atoms with Gasteiger partial charge in [-0.3, -0.25) is 15.0 Å². The number of nitrogen functional groups attached to an aromatic ring is 1. The van der Waals surface area contributed by atoms with Gasteiger partial charge in [-0.05, 0) is 68.8 Å². The Kier molecular flexibility index (Phi) is 8.29. The number of carbonyl (C=O) groups excluding carboxylic acids is 2. The maximum atomic E-state index is 12.7. The van der Waals surface area contributed by atoms with Crippen LogP contribution in [0.5, 0.6) is 5.75 Å². The van der Waals surface area contributed by atoms with Crippen molar-refractivity contribution in [2.75, 3.05) is 6.54 Å². The quantitative estimate of drug-likeness (QED) is 0.181. The van der Waals surface area contributed by atoms with Crippen molar-refractivity contribution in [1.82, 2.24) is 4.90 Å². The molecule has 2 aromatic rings. The molecule has 1 amide bonds. The Hall–Kier alpha value is -3.94. The molecule has 0 spiro atoms. The minimum absolute atomic E-state index is 0.0707. The zero-order chi connectivity index (χ0) is 23.8. The molecule has 0 aliphatic heterocycles. The SMILES string of the molecule is C/C(=C\c1ccc(C(=O)Oc2ccc(C(=N)N)cc2)cc1)C(=O)N(CCC(=O)O)C(C)C. The van der Waals surface area contributed by atoms with Crippen molar-refractivity contribution in [3.63, 3.8) is 0 Å². The first kappa shape index (κ1) is 24.3. The Morgan fingerprint density at radius 3 is 2.12 bits per heavy atom. The summed E-state index contributed by atoms with van der Waals surface area (Å²) in [5, 5.41) is 16.3. The van der Waals surface area contributed by atoms with E-state index in [0.29, 0.717) is 22.4 Å². The van der Waals surface area contributed by atoms with Gasteiger partial charge in [0.1, 0.15) is 11.6 Å². The molecule has 2 rings (SSSR count). The molecule has 2 aromatic carbocycles. The van der Waals surface area contributed by atoms with Crippen LogP contribution in [0.3, 0.4) is 0 Å². The van der Waals surface area contributed by atoms with Crippen molar-refractivity contribution in [2.24, 2.45) is 5.73 Å². The third-order valence-electron chi connectivity index (χ3n) is 4.69. The molecule has 0 fully saturated rings. The maximum absolute atomic E-state index is 12.7. The van der Waals surface area contributed by atoms with Crippen LogP contribution in [0.2, 0.25) is 0 Å². The highest BCUT2D eigenvalue weighted by Gasteiger charge is 2.19. The van der Waals surface area contributed by atoms with Gasteiger partial charge in [0.05, 0.1) is 12.0 Å². The molecule has 0 saturated carbocycles. The summed E-state index contributed by atoms with van der Waals surface area (Å²) in [7, 11) is 0. The molecule has 8 heteroatoms. The molecule has 32 heavy (non-hydrogen) atoms. The first-order valence-corrected chi connectivity index (χ1v) is 10.1. The predicted octanol–water partition coefficient (Wildman–Crippen LogP) is 3.30. The van der Waals surface area contributed by atoms with Crippen LogP contribution in [0.4, 0.5) is 0 Å². The van der Waals surface area contributed by atoms with E-state index in [9.17, 15) is 14.4 Å². The highest BCUT2D eigenvalue weighted by atomic mass is 16.5. The van der Waals surface area contributed by atoms with Crippen molar-refractivity contribution in [3.8, 4) is 5.75 Å². The normalized spacial score (nSPS) is 11.2. The molecule has 0 aromatic heterocycles. The molecule has 168 valence electrons. The number of rotatable bonds is 9. The summed E-state index contributed by atoms with van der Waals surface area (Å²) < 4.78 is 5.32. The molecule has 0 radical (unpaired) electrons. The minimum atomic E-state index is -0.956. The fourth-order valence-electron chi connectivity index (χ4n) is 2.93. The number of carboxylic acids is 1. The lowest BCUT2D eigenvalue weighted by Gasteiger charge is -2.26. The molecule has 0 heterocycles. The van der Waals surface area contributed by atoms with Crippen molar-refractivity contribution in [2.45, 2.75) is 33.2 Å². The average molecular weight is 437 g/mol. The topological polar surface area (TPSA) is 134 Å². The van der Waals surface area contributed by atoms with Crippen molar-refractivity contribution in [1.29, 1.82) is 5.41 Å². The third-order valence-corrected chi connectivity index (χ3v) is 4.69. The van der Waals surface area contributed by atoms with Gasteiger partial charge in [0.25, 0.3) is 0 Å². The van der Waals surface area contributed by atoms with Gasteiger partial charge in [-0.15, -0.1) is 0 Å². The third kappa shape index (κ3) is 6.80. The lowest BCUT2D eigenvalue weighted by atomic mass is 10.1. The van der Waals surface area contributed by atoms with Gasteiger partial charge in [-0.1, -0.05) is 12.1 Å². The van der Waals surface area contributed by atoms with Crippen LogP contribution in [-0.2, 0) is 9.59 Å². The number of aliphatic carboxylic acids is 1. The highest BCUT2D eigenvalue weighted by molar-refractivity contribution is 5.98. The van der Waals surface area contributed by atoms with Crippen LogP contribution in [0, 0.1) is 5.41 Å². The number of amidine groups is 1. The summed E-state index contributed by atoms with van der Waals surface area (Å²) in [6, 6.07) is 12.8. The fraction of sp³-hybridized carbons (Fsp3) is 0.250. The van der Waals surface area contributed by atoms with Crippen LogP contribution in [0.15, 0.2) is 54.1 Å². The van der Waals surface area contributed by atoms with Gasteiger partial charge in [-0.2, -0.15) is 0 Å². The highest BCUT2D eigenvalue weighted by Crippen LogP contribution is 2.16. The maximum Gasteiger partial charge on any atom is 0.343 e. The zero-order valence-electron chi connectivity index (χ0n) is 18.3. The molecule has 0 aliphatic rings. The van der Waals surface area contributed by atoms with E-state index in [1.165, 1.54) is 4.90 Å². The summed E-state index contributed by atoms with van der Waals surface area (Å²) in [5.74, 6) is -1.47. The van der Waals surface area contributed by atoms with E-state index in [1.807, 2.05) is 13.8 Å². The fourth-order valence-corrected chi connectivity index (χ4v) is 2.93. The monoisotopic (exact) mass is 437 g/mol. The Labute approximate surface area is 186 Å². The van der Waals surface area contributed by atoms with Crippen molar-refractivity contribution in [3.05, 3.63) is 70.8 Å². The number of nitrogens with two attached hydrogens (primary N) is 1. The average Bonchev–Trinajstić information content (AvgIpc) is 2.74. The number of esters is 1. The molecule has 8 nitrogen and oxygen atoms in total. The second kappa shape index (κ2) is 10.9. The zero-order valence-corrected chi connectivity index (χ0v) is 18.3. The predicted molar refractivity (Wildman–Crippen MR) is 122 cm³/mol. The summed E-state index contributed by atoms with van der Waals surface area (Å²) in [4.78, 5) is 37.4. The van der Waals surface area contributed by atoms with Crippen molar-refractivity contribution >= 4 is 29.8 Å². The van der Waals surface area contributed by atoms with Crippen LogP contribution >= 0.6 is 0 Å². The van der Waals surface area contributed by atoms with E-state index in [-0.39, 0.29) is 30.8 Å². The molecule has 0 bridgehead atoms. The Morgan fingerprint density at radius 2 is 1.62 bits per heavy atom. The molecular weight excluding hydrogens is 410 g/mol. The minimum Gasteiger partial charge on any atom is -0.481 e. The van der Waals surface area contributed by atoms with Gasteiger partial charge < -0.3 is 20.5 Å². The number of benzene rings is 2. The lowest BCUT2D eigenvalue weighted by Crippen LogP contribution is -2.38. The molecular formula is C24H27N3O5. The molecule has 4 N–H and O–H groups in total. The largest absolute Gasteiger partial charge is 0.481 e. The van der Waals surface area contributed by atoms with Crippen LogP contribution in [0.1, 0.15) is 48.7 Å². The second-order valence-electron chi connectivity index (χ2n) is 7.51. The lowest BCUT2D eigenvalue weighted by molar-refractivity contribution is -0.138. The summed E-state index contributed by atoms with van der Waals surface area (Å²) >= 11 is 0. The van der Waals surface area contributed by atoms with Gasteiger partial charge in [0, 0.05) is 23.7 Å². The number of ether oxygens (including phenoxy) is 1. The number of hydrogen-bond donors (Lipinski definition) is 3. The van der Waals surface area contributed by atoms with E-state index < -0.39 is 11.9 Å². The smallest absolute Gasteiger partial charge is 0.343 e. The molecule has 0 aliphatic carbocycles. The van der Waals surface area contributed by atoms with Crippen LogP contribution in [0.25, 0.3) is 6.08 Å². The van der Waals surface area contributed by atoms with Crippen LogP contribution < -0.4 is 10.5 Å². The van der Waals surface area contributed by atoms with E-state index in [4.69, 9.17) is 21.0 Å². The summed E-state index contributed by atoms with van der Waals surface area (Å²) in [6.45, 7) is 5.47. The van der Waals surface area contributed by atoms with E-state index in [0.717, 1.165) is 5.56 Å². The number of carboxylic acid groups (broad SMARTS) is 1. The van der Waals surface area contributed by atoms with Crippen molar-refractivity contribution < 1.29 is 24.2 Å². The molecule has 0 unspecified atom stereocenters. The van der Waals surface area contributed by atoms with Gasteiger partial charge >= 0.3 is 11.9 Å². The number of nitrogens with zero attached hydrogens (tertiary/aromatic N) is 1. The molecule has 0 atom stereocenters. The van der Waals surface area contributed by atoms with E-state index >= 15 is 0 Å². The Morgan fingerprint density at radius 1 is 1.06 bits per heavy atom. The first-order valence-electron chi connectivity index (χ1n) is 10.1. The summed E-state index contributed by atoms with van der Waals surface area (Å²) in [6.07, 6.45) is 1.57. The Balaban J connectivity index is 2.07. The van der Waals surface area contributed by atoms with Gasteiger partial charge in [0.2, 0.25) is 5.91 Å². The van der Waals surface area contributed by atoms with Crippen LogP contribution in [-0.4, -0.2) is 46.3 Å². The van der Waals surface area contributed by atoms with Gasteiger partial charge in [-0.25, -0.2) is 4.79 Å². The van der Waals surface area contributed by atoms with E-state index in [1.54, 1.807) is 61.5 Å². The summed E-state index contributed by atoms with van der Waals surface area (Å²) in [5.41, 5.74) is 7.46. The molecule has 0 saturated heterocycles.